The van der Waals surface area contributed by atoms with Crippen LogP contribution in [0.25, 0.3) is 0 Å². The van der Waals surface area contributed by atoms with E-state index in [-0.39, 0.29) is 11.5 Å². The third-order valence-corrected chi connectivity index (χ3v) is 4.17. The van der Waals surface area contributed by atoms with Crippen molar-refractivity contribution in [2.24, 2.45) is 0 Å². The summed E-state index contributed by atoms with van der Waals surface area (Å²) in [5.74, 6) is -0.970. The Bertz CT molecular complexity index is 742. The quantitative estimate of drug-likeness (QED) is 0.828. The first-order valence-corrected chi connectivity index (χ1v) is 8.35. The van der Waals surface area contributed by atoms with Gasteiger partial charge in [-0.1, -0.05) is 12.1 Å². The van der Waals surface area contributed by atoms with Crippen LogP contribution in [0.15, 0.2) is 22.7 Å². The Kier molecular flexibility index (Phi) is 5.37. The maximum absolute atomic E-state index is 13.3. The number of amides is 1. The minimum absolute atomic E-state index is 0.161. The minimum Gasteiger partial charge on any atom is -0.338 e. The summed E-state index contributed by atoms with van der Waals surface area (Å²) in [7, 11) is 0. The van der Waals surface area contributed by atoms with Crippen molar-refractivity contribution >= 4 is 5.91 Å². The highest BCUT2D eigenvalue weighted by molar-refractivity contribution is 5.94. The average molecular weight is 350 g/mol. The number of aryl methyl sites for hydroxylation is 1. The van der Waals surface area contributed by atoms with Gasteiger partial charge in [-0.15, -0.1) is 0 Å². The molecule has 0 aliphatic carbocycles. The Balaban J connectivity index is 1.54. The molecule has 3 rings (SSSR count). The SMILES string of the molecule is CCCc1noc(CN2CCN(C(=O)c3ccc(F)c(F)c3)CC2)n1. The summed E-state index contributed by atoms with van der Waals surface area (Å²) in [6.07, 6.45) is 1.75. The lowest BCUT2D eigenvalue weighted by molar-refractivity contribution is 0.0614. The molecule has 1 aliphatic rings. The topological polar surface area (TPSA) is 62.5 Å². The Hall–Kier alpha value is -2.35. The highest BCUT2D eigenvalue weighted by Crippen LogP contribution is 2.14. The zero-order valence-corrected chi connectivity index (χ0v) is 14.0. The van der Waals surface area contributed by atoms with Gasteiger partial charge in [-0.25, -0.2) is 8.78 Å². The molecule has 0 atom stereocenters. The van der Waals surface area contributed by atoms with E-state index in [4.69, 9.17) is 4.52 Å². The largest absolute Gasteiger partial charge is 0.338 e. The van der Waals surface area contributed by atoms with Crippen LogP contribution in [0.4, 0.5) is 8.78 Å². The summed E-state index contributed by atoms with van der Waals surface area (Å²) in [4.78, 5) is 20.5. The zero-order chi connectivity index (χ0) is 17.8. The maximum Gasteiger partial charge on any atom is 0.254 e. The third-order valence-electron chi connectivity index (χ3n) is 4.17. The molecule has 0 unspecified atom stereocenters. The first-order valence-electron chi connectivity index (χ1n) is 8.35. The van der Waals surface area contributed by atoms with Crippen LogP contribution < -0.4 is 0 Å². The molecule has 1 aromatic heterocycles. The van der Waals surface area contributed by atoms with Gasteiger partial charge in [-0.05, 0) is 24.6 Å². The predicted molar refractivity (Wildman–Crippen MR) is 85.8 cm³/mol. The monoisotopic (exact) mass is 350 g/mol. The van der Waals surface area contributed by atoms with Crippen molar-refractivity contribution in [1.82, 2.24) is 19.9 Å². The van der Waals surface area contributed by atoms with Crippen molar-refractivity contribution in [3.8, 4) is 0 Å². The molecule has 0 N–H and O–H groups in total. The van der Waals surface area contributed by atoms with Crippen molar-refractivity contribution in [3.05, 3.63) is 47.1 Å². The number of carbonyl (C=O) groups excluding carboxylic acids is 1. The van der Waals surface area contributed by atoms with E-state index in [2.05, 4.69) is 22.0 Å². The van der Waals surface area contributed by atoms with E-state index in [0.29, 0.717) is 44.4 Å². The van der Waals surface area contributed by atoms with E-state index >= 15 is 0 Å². The van der Waals surface area contributed by atoms with Crippen LogP contribution in [0.5, 0.6) is 0 Å². The second-order valence-electron chi connectivity index (χ2n) is 6.05. The van der Waals surface area contributed by atoms with Crippen LogP contribution in [0.2, 0.25) is 0 Å². The van der Waals surface area contributed by atoms with Gasteiger partial charge in [-0.2, -0.15) is 4.98 Å². The lowest BCUT2D eigenvalue weighted by Gasteiger charge is -2.34. The van der Waals surface area contributed by atoms with Crippen molar-refractivity contribution in [3.63, 3.8) is 0 Å². The zero-order valence-electron chi connectivity index (χ0n) is 14.0. The normalized spacial score (nSPS) is 15.6. The van der Waals surface area contributed by atoms with Crippen LogP contribution in [-0.4, -0.2) is 52.0 Å². The Morgan fingerprint density at radius 2 is 1.96 bits per heavy atom. The molecule has 2 heterocycles. The number of rotatable bonds is 5. The summed E-state index contributed by atoms with van der Waals surface area (Å²) >= 11 is 0. The van der Waals surface area contributed by atoms with Crippen molar-refractivity contribution in [1.29, 1.82) is 0 Å². The first-order chi connectivity index (χ1) is 12.1. The maximum atomic E-state index is 13.3. The molecular weight excluding hydrogens is 330 g/mol. The standard InChI is InChI=1S/C17H20F2N4O2/c1-2-3-15-20-16(25-21-15)11-22-6-8-23(9-7-22)17(24)12-4-5-13(18)14(19)10-12/h4-5,10H,2-3,6-9,11H2,1H3. The van der Waals surface area contributed by atoms with Gasteiger partial charge in [0, 0.05) is 38.2 Å². The number of aromatic nitrogens is 2. The van der Waals surface area contributed by atoms with Crippen LogP contribution in [-0.2, 0) is 13.0 Å². The second kappa shape index (κ2) is 7.69. The molecular formula is C17H20F2N4O2. The van der Waals surface area contributed by atoms with E-state index in [1.165, 1.54) is 6.07 Å². The average Bonchev–Trinajstić information content (AvgIpc) is 3.05. The van der Waals surface area contributed by atoms with E-state index in [9.17, 15) is 13.6 Å². The second-order valence-corrected chi connectivity index (χ2v) is 6.05. The fourth-order valence-electron chi connectivity index (χ4n) is 2.79. The molecule has 0 saturated carbocycles. The number of benzene rings is 1. The van der Waals surface area contributed by atoms with Crippen LogP contribution >= 0.6 is 0 Å². The molecule has 8 heteroatoms. The lowest BCUT2D eigenvalue weighted by Crippen LogP contribution is -2.48. The molecule has 1 aliphatic heterocycles. The molecule has 25 heavy (non-hydrogen) atoms. The summed E-state index contributed by atoms with van der Waals surface area (Å²) in [6, 6.07) is 3.22. The Labute approximate surface area is 144 Å². The molecule has 1 saturated heterocycles. The van der Waals surface area contributed by atoms with Gasteiger partial charge in [0.05, 0.1) is 6.54 Å². The predicted octanol–water partition coefficient (Wildman–Crippen LogP) is 2.26. The van der Waals surface area contributed by atoms with Gasteiger partial charge in [0.25, 0.3) is 5.91 Å². The van der Waals surface area contributed by atoms with Gasteiger partial charge in [0.1, 0.15) is 0 Å². The van der Waals surface area contributed by atoms with Crippen LogP contribution in [0.1, 0.15) is 35.4 Å². The molecule has 1 amide bonds. The molecule has 0 spiro atoms. The van der Waals surface area contributed by atoms with E-state index in [1.807, 2.05) is 0 Å². The molecule has 0 bridgehead atoms. The highest BCUT2D eigenvalue weighted by atomic mass is 19.2. The summed E-state index contributed by atoms with van der Waals surface area (Å²) in [6.45, 7) is 4.92. The number of nitrogens with zero attached hydrogens (tertiary/aromatic N) is 4. The van der Waals surface area contributed by atoms with E-state index < -0.39 is 11.6 Å². The van der Waals surface area contributed by atoms with Crippen molar-refractivity contribution in [2.75, 3.05) is 26.2 Å². The van der Waals surface area contributed by atoms with Gasteiger partial charge < -0.3 is 9.42 Å². The van der Waals surface area contributed by atoms with Gasteiger partial charge >= 0.3 is 0 Å². The van der Waals surface area contributed by atoms with Crippen molar-refractivity contribution < 1.29 is 18.1 Å². The lowest BCUT2D eigenvalue weighted by atomic mass is 10.1. The number of halogens is 2. The minimum atomic E-state index is -1.01. The molecule has 0 radical (unpaired) electrons. The summed E-state index contributed by atoms with van der Waals surface area (Å²) in [5.41, 5.74) is 0.161. The molecule has 6 nitrogen and oxygen atoms in total. The number of piperazine rings is 1. The third kappa shape index (κ3) is 4.19. The van der Waals surface area contributed by atoms with E-state index in [1.54, 1.807) is 4.90 Å². The van der Waals surface area contributed by atoms with E-state index in [0.717, 1.165) is 25.0 Å². The number of carbonyl (C=O) groups is 1. The first kappa shape index (κ1) is 17.5. The molecule has 2 aromatic rings. The fourth-order valence-corrected chi connectivity index (χ4v) is 2.79. The van der Waals surface area contributed by atoms with Gasteiger partial charge in [0.2, 0.25) is 5.89 Å². The smallest absolute Gasteiger partial charge is 0.254 e. The number of hydrogen-bond donors (Lipinski definition) is 0. The van der Waals surface area contributed by atoms with Gasteiger partial charge in [0.15, 0.2) is 17.5 Å². The fraction of sp³-hybridized carbons (Fsp3) is 0.471. The van der Waals surface area contributed by atoms with Crippen molar-refractivity contribution in [2.45, 2.75) is 26.3 Å². The Morgan fingerprint density at radius 1 is 1.20 bits per heavy atom. The van der Waals surface area contributed by atoms with Crippen LogP contribution in [0.3, 0.4) is 0 Å². The summed E-state index contributed by atoms with van der Waals surface area (Å²) < 4.78 is 31.5. The molecule has 1 aromatic carbocycles. The molecule has 134 valence electrons. The highest BCUT2D eigenvalue weighted by Gasteiger charge is 2.24. The van der Waals surface area contributed by atoms with Gasteiger partial charge in [-0.3, -0.25) is 9.69 Å². The Morgan fingerprint density at radius 3 is 2.64 bits per heavy atom. The van der Waals surface area contributed by atoms with Crippen LogP contribution in [0, 0.1) is 11.6 Å². The molecule has 1 fully saturated rings. The summed E-state index contributed by atoms with van der Waals surface area (Å²) in [5, 5.41) is 3.93. The number of hydrogen-bond acceptors (Lipinski definition) is 5.